The van der Waals surface area contributed by atoms with Crippen LogP contribution in [0.15, 0.2) is 0 Å². The third-order valence-corrected chi connectivity index (χ3v) is 2.89. The Hall–Kier alpha value is -0.0200. The Balaban J connectivity index is 3.49. The fourth-order valence-corrected chi connectivity index (χ4v) is 1.88. The molecule has 0 rings (SSSR count). The van der Waals surface area contributed by atoms with Crippen LogP contribution in [0.1, 0.15) is 52.4 Å². The van der Waals surface area contributed by atoms with Gasteiger partial charge < -0.3 is 0 Å². The van der Waals surface area contributed by atoms with Crippen molar-refractivity contribution in [2.24, 2.45) is 0 Å². The van der Waals surface area contributed by atoms with Crippen molar-refractivity contribution >= 4 is 17.6 Å². The summed E-state index contributed by atoms with van der Waals surface area (Å²) >= 11 is 1.21. The Morgan fingerprint density at radius 2 is 1.50 bits per heavy atom. The fourth-order valence-electron chi connectivity index (χ4n) is 1.33. The number of nitrogens with zero attached hydrogens (tertiary/aromatic N) is 1. The number of carbonyl (C=O) groups excluding carboxylic acids is 1. The Morgan fingerprint density at radius 3 is 1.86 bits per heavy atom. The van der Waals surface area contributed by atoms with Gasteiger partial charge in [-0.15, -0.1) is 0 Å². The van der Waals surface area contributed by atoms with Crippen LogP contribution in [-0.2, 0) is 4.79 Å². The van der Waals surface area contributed by atoms with E-state index in [9.17, 15) is 4.79 Å². The number of hydrogen-bond donors (Lipinski definition) is 0. The van der Waals surface area contributed by atoms with Crippen molar-refractivity contribution in [2.75, 3.05) is 13.1 Å². The van der Waals surface area contributed by atoms with Crippen molar-refractivity contribution in [3.8, 4) is 0 Å². The summed E-state index contributed by atoms with van der Waals surface area (Å²) in [6, 6.07) is 0. The minimum Gasteiger partial charge on any atom is -0.276 e. The molecule has 83 valence electrons. The van der Waals surface area contributed by atoms with E-state index < -0.39 is 0 Å². The Kier molecular flexibility index (Phi) is 11.0. The van der Waals surface area contributed by atoms with Gasteiger partial charge >= 0.3 is 0 Å². The van der Waals surface area contributed by atoms with Gasteiger partial charge in [0.1, 0.15) is 0 Å². The predicted molar refractivity (Wildman–Crippen MR) is 63.9 cm³/mol. The summed E-state index contributed by atoms with van der Waals surface area (Å²) in [6.45, 7) is 6.44. The highest BCUT2D eigenvalue weighted by atomic mass is 32.2. The molecule has 0 spiro atoms. The van der Waals surface area contributed by atoms with Crippen molar-refractivity contribution in [3.63, 3.8) is 0 Å². The molecule has 14 heavy (non-hydrogen) atoms. The number of unbranched alkanes of at least 4 members (excludes halogenated alkanes) is 4. The molecular formula is C11H22NOS. The largest absolute Gasteiger partial charge is 0.282 e. The molecule has 0 aliphatic carbocycles. The minimum atomic E-state index is 1.03. The first-order valence-electron chi connectivity index (χ1n) is 5.64. The van der Waals surface area contributed by atoms with Crippen molar-refractivity contribution in [2.45, 2.75) is 52.4 Å². The molecule has 0 aromatic rings. The maximum absolute atomic E-state index is 10.3. The van der Waals surface area contributed by atoms with E-state index in [0.717, 1.165) is 13.1 Å². The Bertz CT molecular complexity index is 120. The van der Waals surface area contributed by atoms with Gasteiger partial charge in [0.15, 0.2) is 0 Å². The van der Waals surface area contributed by atoms with Crippen LogP contribution in [0.3, 0.4) is 0 Å². The maximum atomic E-state index is 10.3. The standard InChI is InChI=1S/C11H22NOS/c1-3-5-7-9-12(14-11-13)10-8-6-4-2/h3-10H2,1-2H3. The SMILES string of the molecule is CCCCCN(CCCCC)S[C]=O. The molecular weight excluding hydrogens is 194 g/mol. The van der Waals surface area contributed by atoms with Crippen molar-refractivity contribution in [3.05, 3.63) is 0 Å². The van der Waals surface area contributed by atoms with Crippen LogP contribution < -0.4 is 0 Å². The van der Waals surface area contributed by atoms with Crippen LogP contribution in [0.5, 0.6) is 0 Å². The Morgan fingerprint density at radius 1 is 1.00 bits per heavy atom. The molecule has 0 aromatic heterocycles. The molecule has 1 radical (unpaired) electrons. The zero-order valence-corrected chi connectivity index (χ0v) is 10.2. The summed E-state index contributed by atoms with van der Waals surface area (Å²) < 4.78 is 2.14. The van der Waals surface area contributed by atoms with E-state index in [0.29, 0.717) is 0 Å². The second kappa shape index (κ2) is 11.1. The molecule has 0 unspecified atom stereocenters. The summed E-state index contributed by atoms with van der Waals surface area (Å²) in [6.07, 6.45) is 7.36. The second-order valence-electron chi connectivity index (χ2n) is 3.52. The van der Waals surface area contributed by atoms with Crippen molar-refractivity contribution in [1.82, 2.24) is 4.31 Å². The summed E-state index contributed by atoms with van der Waals surface area (Å²) in [5.41, 5.74) is 1.91. The van der Waals surface area contributed by atoms with Gasteiger partial charge in [-0.2, -0.15) is 0 Å². The third-order valence-electron chi connectivity index (χ3n) is 2.19. The molecule has 0 bridgehead atoms. The van der Waals surface area contributed by atoms with Gasteiger partial charge in [0, 0.05) is 25.0 Å². The average molecular weight is 216 g/mol. The van der Waals surface area contributed by atoms with Gasteiger partial charge in [-0.1, -0.05) is 39.5 Å². The monoisotopic (exact) mass is 216 g/mol. The summed E-state index contributed by atoms with van der Waals surface area (Å²) in [5, 5.41) is 0. The Labute approximate surface area is 92.6 Å². The van der Waals surface area contributed by atoms with E-state index in [2.05, 4.69) is 18.2 Å². The van der Waals surface area contributed by atoms with Crippen molar-refractivity contribution in [1.29, 1.82) is 0 Å². The number of hydrogen-bond acceptors (Lipinski definition) is 3. The van der Waals surface area contributed by atoms with E-state index in [1.807, 2.05) is 5.62 Å². The molecule has 3 heteroatoms. The van der Waals surface area contributed by atoms with Crippen LogP contribution in [0, 0.1) is 0 Å². The van der Waals surface area contributed by atoms with Gasteiger partial charge in [0.05, 0.1) is 0 Å². The van der Waals surface area contributed by atoms with Gasteiger partial charge in [-0.3, -0.25) is 4.79 Å². The van der Waals surface area contributed by atoms with Gasteiger partial charge in [-0.05, 0) is 12.8 Å². The lowest BCUT2D eigenvalue weighted by atomic mass is 10.2. The second-order valence-corrected chi connectivity index (χ2v) is 4.38. The molecule has 0 amide bonds. The quantitative estimate of drug-likeness (QED) is 0.412. The topological polar surface area (TPSA) is 20.3 Å². The van der Waals surface area contributed by atoms with Crippen LogP contribution >= 0.6 is 11.9 Å². The van der Waals surface area contributed by atoms with Crippen LogP contribution in [-0.4, -0.2) is 23.0 Å². The lowest BCUT2D eigenvalue weighted by molar-refractivity contribution is 0.435. The zero-order valence-electron chi connectivity index (χ0n) is 9.42. The van der Waals surface area contributed by atoms with E-state index in [1.54, 1.807) is 0 Å². The zero-order chi connectivity index (χ0) is 10.6. The molecule has 0 saturated carbocycles. The molecule has 0 heterocycles. The molecule has 0 N–H and O–H groups in total. The van der Waals surface area contributed by atoms with Gasteiger partial charge in [0.25, 0.3) is 5.62 Å². The lowest BCUT2D eigenvalue weighted by Crippen LogP contribution is -2.18. The first-order valence-corrected chi connectivity index (χ1v) is 6.41. The third kappa shape index (κ3) is 8.57. The highest BCUT2D eigenvalue weighted by molar-refractivity contribution is 8.09. The minimum absolute atomic E-state index is 1.03. The summed E-state index contributed by atoms with van der Waals surface area (Å²) in [5.74, 6) is 0. The highest BCUT2D eigenvalue weighted by Crippen LogP contribution is 2.10. The molecule has 0 aliphatic heterocycles. The average Bonchev–Trinajstić information content (AvgIpc) is 2.18. The van der Waals surface area contributed by atoms with E-state index in [4.69, 9.17) is 0 Å². The predicted octanol–water partition coefficient (Wildman–Crippen LogP) is 3.38. The highest BCUT2D eigenvalue weighted by Gasteiger charge is 2.04. The molecule has 0 saturated heterocycles. The van der Waals surface area contributed by atoms with Crippen LogP contribution in [0.25, 0.3) is 0 Å². The lowest BCUT2D eigenvalue weighted by Gasteiger charge is -2.17. The normalized spacial score (nSPS) is 10.8. The first kappa shape index (κ1) is 14.0. The first-order chi connectivity index (χ1) is 6.85. The smallest absolute Gasteiger partial charge is 0.276 e. The molecule has 0 aliphatic rings. The number of rotatable bonds is 10. The molecule has 0 atom stereocenters. The van der Waals surface area contributed by atoms with E-state index in [-0.39, 0.29) is 0 Å². The summed E-state index contributed by atoms with van der Waals surface area (Å²) in [4.78, 5) is 10.3. The summed E-state index contributed by atoms with van der Waals surface area (Å²) in [7, 11) is 0. The van der Waals surface area contributed by atoms with Crippen LogP contribution in [0.4, 0.5) is 0 Å². The fraction of sp³-hybridized carbons (Fsp3) is 0.909. The molecule has 0 fully saturated rings. The van der Waals surface area contributed by atoms with Gasteiger partial charge in [0.2, 0.25) is 0 Å². The van der Waals surface area contributed by atoms with Gasteiger partial charge in [-0.25, -0.2) is 4.31 Å². The van der Waals surface area contributed by atoms with Crippen molar-refractivity contribution < 1.29 is 4.79 Å². The van der Waals surface area contributed by atoms with E-state index in [1.165, 1.54) is 50.5 Å². The molecule has 2 nitrogen and oxygen atoms in total. The maximum Gasteiger partial charge on any atom is 0.282 e. The van der Waals surface area contributed by atoms with Crippen LogP contribution in [0.2, 0.25) is 0 Å². The van der Waals surface area contributed by atoms with E-state index >= 15 is 0 Å². The molecule has 0 aromatic carbocycles.